The number of pyridine rings is 1. The van der Waals surface area contributed by atoms with Gasteiger partial charge in [-0.05, 0) is 32.4 Å². The summed E-state index contributed by atoms with van der Waals surface area (Å²) in [6, 6.07) is 6.88. The first-order chi connectivity index (χ1) is 7.18. The fourth-order valence-electron chi connectivity index (χ4n) is 1.95. The Balaban J connectivity index is 2.35. The monoisotopic (exact) mass is 203 g/mol. The van der Waals surface area contributed by atoms with Crippen LogP contribution in [0.5, 0.6) is 0 Å². The summed E-state index contributed by atoms with van der Waals surface area (Å²) in [6.45, 7) is 4.39. The number of amidine groups is 1. The minimum absolute atomic E-state index is 0.396. The summed E-state index contributed by atoms with van der Waals surface area (Å²) < 4.78 is 0. The Labute approximate surface area is 90.9 Å². The summed E-state index contributed by atoms with van der Waals surface area (Å²) in [5.74, 6) is 1.02. The number of hydrogen-bond donors (Lipinski definition) is 0. The van der Waals surface area contributed by atoms with Gasteiger partial charge in [0, 0.05) is 19.3 Å². The van der Waals surface area contributed by atoms with E-state index in [1.54, 1.807) is 0 Å². The van der Waals surface area contributed by atoms with Gasteiger partial charge in [-0.1, -0.05) is 6.07 Å². The van der Waals surface area contributed by atoms with Gasteiger partial charge in [-0.2, -0.15) is 0 Å². The van der Waals surface area contributed by atoms with E-state index >= 15 is 0 Å². The van der Waals surface area contributed by atoms with Crippen LogP contribution in [0, 0.1) is 0 Å². The summed E-state index contributed by atoms with van der Waals surface area (Å²) in [6.07, 6.45) is 2.93. The Hall–Kier alpha value is -1.38. The fourth-order valence-corrected chi connectivity index (χ4v) is 1.95. The standard InChI is InChI=1S/C12H17N3/c1-9-8-10(2)15(3)12(14-9)11-6-4-5-7-13-11/h4-7,9-10H,8H2,1-3H3. The molecule has 0 aliphatic carbocycles. The third kappa shape index (κ3) is 2.01. The van der Waals surface area contributed by atoms with Crippen LogP contribution >= 0.6 is 0 Å². The number of aliphatic imine (C=N–C) groups is 1. The molecule has 3 heteroatoms. The molecule has 2 rings (SSSR count). The maximum absolute atomic E-state index is 4.66. The zero-order valence-electron chi connectivity index (χ0n) is 9.51. The third-order valence-corrected chi connectivity index (χ3v) is 2.91. The average molecular weight is 203 g/mol. The van der Waals surface area contributed by atoms with Gasteiger partial charge < -0.3 is 4.90 Å². The Morgan fingerprint density at radius 1 is 1.33 bits per heavy atom. The maximum atomic E-state index is 4.66. The molecule has 2 atom stereocenters. The van der Waals surface area contributed by atoms with Crippen molar-refractivity contribution in [3.63, 3.8) is 0 Å². The van der Waals surface area contributed by atoms with Crippen molar-refractivity contribution in [1.29, 1.82) is 0 Å². The van der Waals surface area contributed by atoms with Gasteiger partial charge in [0.15, 0.2) is 0 Å². The minimum Gasteiger partial charge on any atom is -0.355 e. The molecule has 1 aromatic heterocycles. The second-order valence-corrected chi connectivity index (χ2v) is 4.21. The molecule has 3 nitrogen and oxygen atoms in total. The number of nitrogens with zero attached hydrogens (tertiary/aromatic N) is 3. The number of aromatic nitrogens is 1. The lowest BCUT2D eigenvalue weighted by atomic mass is 10.1. The molecule has 2 unspecified atom stereocenters. The molecule has 15 heavy (non-hydrogen) atoms. The summed E-state index contributed by atoms with van der Waals surface area (Å²) in [5.41, 5.74) is 0.971. The Bertz CT molecular complexity index is 358. The predicted molar refractivity (Wildman–Crippen MR) is 62.1 cm³/mol. The van der Waals surface area contributed by atoms with Gasteiger partial charge >= 0.3 is 0 Å². The quantitative estimate of drug-likeness (QED) is 0.698. The van der Waals surface area contributed by atoms with Gasteiger partial charge in [-0.25, -0.2) is 0 Å². The lowest BCUT2D eigenvalue weighted by Crippen LogP contribution is -2.42. The van der Waals surface area contributed by atoms with E-state index in [4.69, 9.17) is 0 Å². The molecular weight excluding hydrogens is 186 g/mol. The van der Waals surface area contributed by atoms with Gasteiger partial charge in [0.2, 0.25) is 0 Å². The first-order valence-electron chi connectivity index (χ1n) is 5.40. The highest BCUT2D eigenvalue weighted by atomic mass is 15.2. The zero-order valence-corrected chi connectivity index (χ0v) is 9.51. The van der Waals surface area contributed by atoms with Gasteiger partial charge in [0.1, 0.15) is 11.5 Å². The van der Waals surface area contributed by atoms with E-state index in [0.29, 0.717) is 12.1 Å². The van der Waals surface area contributed by atoms with E-state index in [9.17, 15) is 0 Å². The predicted octanol–water partition coefficient (Wildman–Crippen LogP) is 1.94. The van der Waals surface area contributed by atoms with Crippen LogP contribution in [-0.2, 0) is 0 Å². The molecule has 0 saturated carbocycles. The summed E-state index contributed by atoms with van der Waals surface area (Å²) in [7, 11) is 2.09. The molecule has 0 amide bonds. The Morgan fingerprint density at radius 2 is 2.13 bits per heavy atom. The van der Waals surface area contributed by atoms with E-state index in [0.717, 1.165) is 18.0 Å². The van der Waals surface area contributed by atoms with Crippen molar-refractivity contribution in [2.75, 3.05) is 7.05 Å². The van der Waals surface area contributed by atoms with Crippen molar-refractivity contribution in [2.45, 2.75) is 32.4 Å². The molecule has 0 bridgehead atoms. The molecular formula is C12H17N3. The van der Waals surface area contributed by atoms with Crippen molar-refractivity contribution < 1.29 is 0 Å². The highest BCUT2D eigenvalue weighted by molar-refractivity contribution is 5.97. The van der Waals surface area contributed by atoms with Crippen LogP contribution in [0.2, 0.25) is 0 Å². The normalized spacial score (nSPS) is 26.3. The smallest absolute Gasteiger partial charge is 0.150 e. The van der Waals surface area contributed by atoms with Crippen molar-refractivity contribution >= 4 is 5.84 Å². The SMILES string of the molecule is CC1CC(C)N(C)C(c2ccccn2)=N1. The first-order valence-corrected chi connectivity index (χ1v) is 5.40. The molecule has 0 radical (unpaired) electrons. The highest BCUT2D eigenvalue weighted by Crippen LogP contribution is 2.17. The molecule has 80 valence electrons. The first kappa shape index (κ1) is 10.1. The van der Waals surface area contributed by atoms with E-state index in [-0.39, 0.29) is 0 Å². The molecule has 1 aliphatic heterocycles. The van der Waals surface area contributed by atoms with E-state index < -0.39 is 0 Å². The van der Waals surface area contributed by atoms with Gasteiger partial charge in [0.25, 0.3) is 0 Å². The van der Waals surface area contributed by atoms with Crippen LogP contribution in [0.25, 0.3) is 0 Å². The van der Waals surface area contributed by atoms with Crippen molar-refractivity contribution in [1.82, 2.24) is 9.88 Å². The van der Waals surface area contributed by atoms with Crippen LogP contribution < -0.4 is 0 Å². The van der Waals surface area contributed by atoms with E-state index in [2.05, 4.69) is 35.8 Å². The molecule has 0 N–H and O–H groups in total. The number of rotatable bonds is 1. The van der Waals surface area contributed by atoms with Crippen LogP contribution in [0.15, 0.2) is 29.4 Å². The van der Waals surface area contributed by atoms with E-state index in [1.165, 1.54) is 0 Å². The highest BCUT2D eigenvalue weighted by Gasteiger charge is 2.23. The Morgan fingerprint density at radius 3 is 2.80 bits per heavy atom. The molecule has 2 heterocycles. The topological polar surface area (TPSA) is 28.5 Å². The second kappa shape index (κ2) is 4.01. The third-order valence-electron chi connectivity index (χ3n) is 2.91. The molecule has 1 aliphatic rings. The zero-order chi connectivity index (χ0) is 10.8. The number of hydrogen-bond acceptors (Lipinski definition) is 3. The van der Waals surface area contributed by atoms with Crippen molar-refractivity contribution in [2.24, 2.45) is 4.99 Å². The molecule has 0 spiro atoms. The fraction of sp³-hybridized carbons (Fsp3) is 0.500. The van der Waals surface area contributed by atoms with Gasteiger partial charge in [-0.15, -0.1) is 0 Å². The van der Waals surface area contributed by atoms with Crippen LogP contribution in [0.3, 0.4) is 0 Å². The second-order valence-electron chi connectivity index (χ2n) is 4.21. The largest absolute Gasteiger partial charge is 0.355 e. The van der Waals surface area contributed by atoms with Gasteiger partial charge in [-0.3, -0.25) is 9.98 Å². The van der Waals surface area contributed by atoms with Crippen LogP contribution in [0.1, 0.15) is 26.0 Å². The van der Waals surface area contributed by atoms with Crippen molar-refractivity contribution in [3.05, 3.63) is 30.1 Å². The Kier molecular flexibility index (Phi) is 2.71. The molecule has 1 aromatic rings. The van der Waals surface area contributed by atoms with Crippen LogP contribution in [0.4, 0.5) is 0 Å². The summed E-state index contributed by atoms with van der Waals surface area (Å²) >= 11 is 0. The van der Waals surface area contributed by atoms with E-state index in [1.807, 2.05) is 24.4 Å². The maximum Gasteiger partial charge on any atom is 0.150 e. The molecule has 0 aromatic carbocycles. The summed E-state index contributed by atoms with van der Waals surface area (Å²) in [5, 5.41) is 0. The van der Waals surface area contributed by atoms with Gasteiger partial charge in [0.05, 0.1) is 6.04 Å². The average Bonchev–Trinajstić information content (AvgIpc) is 2.24. The summed E-state index contributed by atoms with van der Waals surface area (Å²) in [4.78, 5) is 11.2. The lowest BCUT2D eigenvalue weighted by Gasteiger charge is -2.34. The minimum atomic E-state index is 0.396. The molecule has 0 saturated heterocycles. The van der Waals surface area contributed by atoms with Crippen molar-refractivity contribution in [3.8, 4) is 0 Å². The molecule has 0 fully saturated rings. The van der Waals surface area contributed by atoms with Crippen LogP contribution in [-0.4, -0.2) is 34.9 Å². The lowest BCUT2D eigenvalue weighted by molar-refractivity contribution is 0.327.